The van der Waals surface area contributed by atoms with Gasteiger partial charge in [0.05, 0.1) is 19.1 Å². The minimum atomic E-state index is -0.784. The van der Waals surface area contributed by atoms with Gasteiger partial charge in [0.15, 0.2) is 0 Å². The van der Waals surface area contributed by atoms with Gasteiger partial charge in [-0.15, -0.1) is 0 Å². The van der Waals surface area contributed by atoms with Crippen LogP contribution in [-0.4, -0.2) is 5.71 Å². The first-order valence-electron chi connectivity index (χ1n) is 16.5. The largest absolute Gasteiger partial charge is 0.314 e. The van der Waals surface area contributed by atoms with Gasteiger partial charge in [0.1, 0.15) is 0 Å². The summed E-state index contributed by atoms with van der Waals surface area (Å²) in [6.07, 6.45) is 0. The number of hydrogen-bond donors (Lipinski definition) is 0. The molecule has 2 unspecified atom stereocenters. The number of anilines is 1. The highest BCUT2D eigenvalue weighted by Gasteiger charge is 2.44. The Bertz CT molecular complexity index is 1630. The van der Waals surface area contributed by atoms with Gasteiger partial charge in [0.2, 0.25) is 0 Å². The maximum Gasteiger partial charge on any atom is 0.0702 e. The Morgan fingerprint density at radius 1 is 0.556 bits per heavy atom. The van der Waals surface area contributed by atoms with Crippen molar-refractivity contribution in [3.05, 3.63) is 130 Å². The van der Waals surface area contributed by atoms with Gasteiger partial charge in [-0.1, -0.05) is 152 Å². The summed E-state index contributed by atoms with van der Waals surface area (Å²) in [6, 6.07) is 36.3. The average molecular weight is 633 g/mol. The van der Waals surface area contributed by atoms with E-state index in [2.05, 4.69) is 171 Å². The van der Waals surface area contributed by atoms with E-state index in [4.69, 9.17) is 4.99 Å². The molecule has 0 fully saturated rings. The van der Waals surface area contributed by atoms with Crippen LogP contribution in [0.25, 0.3) is 0 Å². The topological polar surface area (TPSA) is 15.6 Å². The summed E-state index contributed by atoms with van der Waals surface area (Å²) in [7, 11) is -1.54. The van der Waals surface area contributed by atoms with E-state index < -0.39 is 15.4 Å². The maximum atomic E-state index is 5.64. The Kier molecular flexibility index (Phi) is 10.5. The maximum absolute atomic E-state index is 5.64. The summed E-state index contributed by atoms with van der Waals surface area (Å²) in [5, 5.41) is 4.26. The van der Waals surface area contributed by atoms with Crippen molar-refractivity contribution >= 4 is 43.1 Å². The summed E-state index contributed by atoms with van der Waals surface area (Å²) >= 11 is 0. The van der Waals surface area contributed by atoms with Gasteiger partial charge in [-0.05, 0) is 65.1 Å². The van der Waals surface area contributed by atoms with Gasteiger partial charge in [-0.25, -0.2) is 0 Å². The molecule has 0 radical (unpaired) electrons. The summed E-state index contributed by atoms with van der Waals surface area (Å²) in [4.78, 5) is 5.64. The van der Waals surface area contributed by atoms with E-state index in [1.807, 2.05) is 0 Å². The first-order chi connectivity index (χ1) is 21.5. The van der Waals surface area contributed by atoms with Crippen molar-refractivity contribution in [1.29, 1.82) is 0 Å². The second-order valence-corrected chi connectivity index (χ2v) is 18.8. The number of allylic oxidation sites excluding steroid dienone is 2. The highest BCUT2D eigenvalue weighted by Crippen LogP contribution is 2.80. The highest BCUT2D eigenvalue weighted by atomic mass is 32.1. The number of para-hydroxylation sites is 2. The number of nitrogens with zero attached hydrogens (tertiary/aromatic N) is 2. The molecule has 0 aromatic heterocycles. The molecule has 4 aromatic carbocycles. The van der Waals surface area contributed by atoms with Gasteiger partial charge in [-0.2, -0.15) is 0 Å². The van der Waals surface area contributed by atoms with Crippen LogP contribution in [0.4, 0.5) is 11.4 Å². The lowest BCUT2D eigenvalue weighted by Crippen LogP contribution is -2.21. The Labute approximate surface area is 275 Å². The zero-order chi connectivity index (χ0) is 32.4. The molecule has 1 heterocycles. The fourth-order valence-corrected chi connectivity index (χ4v) is 15.1. The van der Waals surface area contributed by atoms with Crippen LogP contribution >= 0.6 is 15.4 Å². The van der Waals surface area contributed by atoms with Crippen molar-refractivity contribution in [3.63, 3.8) is 0 Å². The first kappa shape index (κ1) is 33.3. The van der Waals surface area contributed by atoms with Crippen LogP contribution in [0, 0.1) is 0 Å². The second kappa shape index (κ2) is 14.2. The van der Waals surface area contributed by atoms with E-state index in [-0.39, 0.29) is 0 Å². The van der Waals surface area contributed by atoms with Crippen LogP contribution in [0.5, 0.6) is 0 Å². The second-order valence-electron chi connectivity index (χ2n) is 13.4. The molecule has 1 aliphatic heterocycles. The molecule has 0 saturated carbocycles. The highest BCUT2D eigenvalue weighted by molar-refractivity contribution is 8.39. The molecular weight excluding hydrogens is 582 g/mol. The van der Waals surface area contributed by atoms with Crippen LogP contribution in [-0.2, 0) is 0 Å². The molecule has 0 aliphatic carbocycles. The third-order valence-corrected chi connectivity index (χ3v) is 16.3. The zero-order valence-corrected chi connectivity index (χ0v) is 30.6. The molecule has 234 valence electrons. The van der Waals surface area contributed by atoms with Crippen LogP contribution in [0.3, 0.4) is 0 Å². The zero-order valence-electron chi connectivity index (χ0n) is 28.8. The molecule has 1 aliphatic rings. The third kappa shape index (κ3) is 6.61. The van der Waals surface area contributed by atoms with Crippen molar-refractivity contribution in [2.75, 3.05) is 4.67 Å². The van der Waals surface area contributed by atoms with E-state index in [1.165, 1.54) is 49.6 Å². The van der Waals surface area contributed by atoms with Crippen LogP contribution in [0.15, 0.2) is 113 Å². The van der Waals surface area contributed by atoms with Crippen molar-refractivity contribution in [2.24, 2.45) is 4.99 Å². The van der Waals surface area contributed by atoms with E-state index >= 15 is 0 Å². The minimum Gasteiger partial charge on any atom is -0.314 e. The molecule has 4 aromatic rings. The van der Waals surface area contributed by atoms with Crippen LogP contribution in [0.2, 0.25) is 0 Å². The molecule has 2 nitrogen and oxygen atoms in total. The fraction of sp³-hybridized carbons (Fsp3) is 0.341. The number of benzene rings is 4. The lowest BCUT2D eigenvalue weighted by atomic mass is 9.92. The van der Waals surface area contributed by atoms with E-state index in [1.54, 1.807) is 0 Å². The summed E-state index contributed by atoms with van der Waals surface area (Å²) in [5.41, 5.74) is 10.6. The summed E-state index contributed by atoms with van der Waals surface area (Å²) in [6.45, 7) is 23.2. The van der Waals surface area contributed by atoms with Crippen molar-refractivity contribution in [3.8, 4) is 0 Å². The SMILES string of the molecule is CC(=Nc1c(C(C)C)cccc1C(C)C)C1=C(C)N(c2c(C(C)C)cccc2C(C)C)P(c2ccccc2)P1c1ccccc1. The van der Waals surface area contributed by atoms with Crippen LogP contribution < -0.4 is 15.3 Å². The van der Waals surface area contributed by atoms with Crippen LogP contribution in [0.1, 0.15) is 115 Å². The van der Waals surface area contributed by atoms with Gasteiger partial charge in [0.25, 0.3) is 0 Å². The lowest BCUT2D eigenvalue weighted by Gasteiger charge is -2.36. The Morgan fingerprint density at radius 3 is 1.42 bits per heavy atom. The van der Waals surface area contributed by atoms with Crippen molar-refractivity contribution in [1.82, 2.24) is 0 Å². The molecular formula is C41H50N2P2. The van der Waals surface area contributed by atoms with Crippen molar-refractivity contribution in [2.45, 2.75) is 92.9 Å². The number of rotatable bonds is 9. The Balaban J connectivity index is 1.87. The summed E-state index contributed by atoms with van der Waals surface area (Å²) < 4.78 is 2.78. The quantitative estimate of drug-likeness (QED) is 0.132. The molecule has 0 N–H and O–H groups in total. The van der Waals surface area contributed by atoms with E-state index in [0.717, 1.165) is 11.4 Å². The average Bonchev–Trinajstić information content (AvgIpc) is 3.33. The van der Waals surface area contributed by atoms with Gasteiger partial charge in [0, 0.05) is 29.6 Å². The molecule has 0 amide bonds. The minimum absolute atomic E-state index is 0.397. The summed E-state index contributed by atoms with van der Waals surface area (Å²) in [5.74, 6) is 1.61. The van der Waals surface area contributed by atoms with Gasteiger partial charge < -0.3 is 4.67 Å². The fourth-order valence-electron chi connectivity index (χ4n) is 6.48. The molecule has 5 rings (SSSR count). The molecule has 4 heteroatoms. The normalized spacial score (nSPS) is 17.5. The van der Waals surface area contributed by atoms with Crippen molar-refractivity contribution < 1.29 is 0 Å². The van der Waals surface area contributed by atoms with Gasteiger partial charge in [-0.3, -0.25) is 4.99 Å². The third-order valence-electron chi connectivity index (χ3n) is 8.76. The standard InChI is InChI=1S/C41H50N2P2/c1-27(2)35-23-17-24-36(28(3)4)39(35)42-31(9)41-32(10)43(40-37(29(5)6)25-18-26-38(40)30(7)8)45(34-21-15-12-16-22-34)44(41)33-19-13-11-14-20-33/h11-30H,1-10H3. The van der Waals surface area contributed by atoms with E-state index in [9.17, 15) is 0 Å². The number of aliphatic imine (C=N–C) groups is 1. The van der Waals surface area contributed by atoms with Gasteiger partial charge >= 0.3 is 0 Å². The smallest absolute Gasteiger partial charge is 0.0702 e. The number of hydrogen-bond acceptors (Lipinski definition) is 2. The lowest BCUT2D eigenvalue weighted by molar-refractivity contribution is 0.832. The molecule has 2 atom stereocenters. The molecule has 45 heavy (non-hydrogen) atoms. The molecule has 0 bridgehead atoms. The van der Waals surface area contributed by atoms with E-state index in [0.29, 0.717) is 23.7 Å². The monoisotopic (exact) mass is 632 g/mol. The Morgan fingerprint density at radius 2 is 0.978 bits per heavy atom. The molecule has 0 saturated heterocycles. The first-order valence-corrected chi connectivity index (χ1v) is 19.9. The Hall–Kier alpha value is -3.05. The predicted molar refractivity (Wildman–Crippen MR) is 203 cm³/mol. The predicted octanol–water partition coefficient (Wildman–Crippen LogP) is 12.5. The molecule has 0 spiro atoms.